The molecule has 0 amide bonds. The number of nitrogens with two attached hydrogens (primary N) is 1. The minimum atomic E-state index is -0.337. The summed E-state index contributed by atoms with van der Waals surface area (Å²) in [6.07, 6.45) is 1.84. The third-order valence-corrected chi connectivity index (χ3v) is 6.24. The van der Waals surface area contributed by atoms with Crippen molar-refractivity contribution in [2.75, 3.05) is 23.7 Å². The molecule has 3 N–H and O–H groups in total. The second kappa shape index (κ2) is 7.68. The van der Waals surface area contributed by atoms with E-state index >= 15 is 0 Å². The number of anilines is 1. The van der Waals surface area contributed by atoms with Crippen LogP contribution in [0, 0.1) is 11.7 Å². The van der Waals surface area contributed by atoms with E-state index in [1.54, 1.807) is 11.8 Å². The molecule has 1 unspecified atom stereocenters. The average molecular weight is 396 g/mol. The van der Waals surface area contributed by atoms with E-state index in [0.29, 0.717) is 24.0 Å². The zero-order chi connectivity index (χ0) is 17.4. The van der Waals surface area contributed by atoms with Crippen molar-refractivity contribution in [2.24, 2.45) is 11.7 Å². The van der Waals surface area contributed by atoms with E-state index in [0.717, 1.165) is 18.8 Å². The average Bonchev–Trinajstić information content (AvgIpc) is 3.03. The first-order chi connectivity index (χ1) is 12.1. The molecule has 4 rings (SSSR count). The molecule has 0 aliphatic carbocycles. The Bertz CT molecular complexity index is 765. The van der Waals surface area contributed by atoms with E-state index in [9.17, 15) is 4.39 Å². The van der Waals surface area contributed by atoms with Crippen LogP contribution in [-0.2, 0) is 12.0 Å². The van der Waals surface area contributed by atoms with Crippen LogP contribution in [0.1, 0.15) is 18.2 Å². The number of nitrogens with one attached hydrogen (secondary N) is 1. The van der Waals surface area contributed by atoms with Crippen LogP contribution in [0.15, 0.2) is 36.5 Å². The lowest BCUT2D eigenvalue weighted by Gasteiger charge is -2.42. The number of thioether (sulfide) groups is 1. The van der Waals surface area contributed by atoms with Crippen molar-refractivity contribution >= 4 is 30.1 Å². The highest BCUT2D eigenvalue weighted by Gasteiger charge is 2.51. The molecule has 26 heavy (non-hydrogen) atoms. The maximum Gasteiger partial charge on any atom is 0.225 e. The fourth-order valence-electron chi connectivity index (χ4n) is 3.88. The van der Waals surface area contributed by atoms with Crippen molar-refractivity contribution in [2.45, 2.75) is 24.4 Å². The van der Waals surface area contributed by atoms with Gasteiger partial charge in [0.05, 0.1) is 17.4 Å². The molecule has 0 bridgehead atoms. The van der Waals surface area contributed by atoms with E-state index in [-0.39, 0.29) is 29.3 Å². The van der Waals surface area contributed by atoms with Gasteiger partial charge in [0.1, 0.15) is 5.50 Å². The Labute approximate surface area is 163 Å². The fraction of sp³-hybridized carbons (Fsp3) is 0.444. The van der Waals surface area contributed by atoms with Crippen molar-refractivity contribution in [3.05, 3.63) is 53.6 Å². The number of rotatable bonds is 3. The van der Waals surface area contributed by atoms with Crippen LogP contribution in [-0.4, -0.2) is 34.3 Å². The van der Waals surface area contributed by atoms with E-state index < -0.39 is 0 Å². The summed E-state index contributed by atoms with van der Waals surface area (Å²) in [7, 11) is 0. The van der Waals surface area contributed by atoms with Crippen molar-refractivity contribution in [1.29, 1.82) is 0 Å². The molecule has 5 nitrogen and oxygen atoms in total. The van der Waals surface area contributed by atoms with Crippen LogP contribution < -0.4 is 16.0 Å². The normalized spacial score (nSPS) is 27.7. The molecule has 2 aromatic rings. The Hall–Kier alpha value is -1.41. The van der Waals surface area contributed by atoms with Gasteiger partial charge in [0.25, 0.3) is 0 Å². The molecule has 8 heteroatoms. The predicted molar refractivity (Wildman–Crippen MR) is 106 cm³/mol. The molecule has 0 radical (unpaired) electrons. The predicted octanol–water partition coefficient (Wildman–Crippen LogP) is 2.51. The van der Waals surface area contributed by atoms with E-state index in [1.165, 1.54) is 11.8 Å². The molecule has 2 saturated heterocycles. The monoisotopic (exact) mass is 395 g/mol. The van der Waals surface area contributed by atoms with Crippen molar-refractivity contribution in [3.8, 4) is 0 Å². The zero-order valence-corrected chi connectivity index (χ0v) is 16.2. The van der Waals surface area contributed by atoms with E-state index in [1.807, 2.05) is 13.0 Å². The van der Waals surface area contributed by atoms with Gasteiger partial charge in [-0.05, 0) is 12.0 Å². The lowest BCUT2D eigenvalue weighted by Crippen LogP contribution is -2.59. The number of hydrogen-bond acceptors (Lipinski definition) is 6. The van der Waals surface area contributed by atoms with E-state index in [2.05, 4.69) is 44.5 Å². The third kappa shape index (κ3) is 3.29. The maximum absolute atomic E-state index is 13.8. The largest absolute Gasteiger partial charge is 0.338 e. The number of nitrogens with zero attached hydrogens (tertiary/aromatic N) is 3. The lowest BCUT2D eigenvalue weighted by atomic mass is 9.81. The molecular weight excluding hydrogens is 373 g/mol. The topological polar surface area (TPSA) is 67.1 Å². The van der Waals surface area contributed by atoms with Gasteiger partial charge in [-0.1, -0.05) is 37.3 Å². The molecule has 3 atom stereocenters. The second-order valence-electron chi connectivity index (χ2n) is 6.63. The number of fused-ring (bicyclic) bond motifs is 1. The van der Waals surface area contributed by atoms with Gasteiger partial charge < -0.3 is 10.6 Å². The Balaban J connectivity index is 0.00000196. The number of aromatic nitrogens is 2. The molecule has 2 aliphatic heterocycles. The smallest absolute Gasteiger partial charge is 0.225 e. The Kier molecular flexibility index (Phi) is 5.72. The first kappa shape index (κ1) is 19.4. The molecule has 1 aromatic carbocycles. The van der Waals surface area contributed by atoms with Crippen molar-refractivity contribution in [3.63, 3.8) is 0 Å². The van der Waals surface area contributed by atoms with Gasteiger partial charge in [0, 0.05) is 24.8 Å². The first-order valence-electron chi connectivity index (χ1n) is 8.59. The van der Waals surface area contributed by atoms with Crippen LogP contribution in [0.3, 0.4) is 0 Å². The van der Waals surface area contributed by atoms with Crippen molar-refractivity contribution in [1.82, 2.24) is 15.3 Å². The summed E-state index contributed by atoms with van der Waals surface area (Å²) in [5.74, 6) is 1.62. The first-order valence-corrected chi connectivity index (χ1v) is 9.64. The van der Waals surface area contributed by atoms with Crippen LogP contribution in [0.25, 0.3) is 0 Å². The summed E-state index contributed by atoms with van der Waals surface area (Å²) in [6, 6.07) is 10.4. The Morgan fingerprint density at radius 1 is 1.38 bits per heavy atom. The number of aryl methyl sites for hydroxylation is 1. The summed E-state index contributed by atoms with van der Waals surface area (Å²) in [5.41, 5.74) is 7.59. The molecule has 1 aromatic heterocycles. The molecule has 3 heterocycles. The van der Waals surface area contributed by atoms with Crippen LogP contribution in [0.2, 0.25) is 0 Å². The maximum atomic E-state index is 13.8. The minimum absolute atomic E-state index is 0. The quantitative estimate of drug-likeness (QED) is 0.832. The fourth-order valence-corrected chi connectivity index (χ4v) is 5.00. The summed E-state index contributed by atoms with van der Waals surface area (Å²) < 4.78 is 13.8. The van der Waals surface area contributed by atoms with Crippen LogP contribution in [0.4, 0.5) is 10.3 Å². The highest BCUT2D eigenvalue weighted by atomic mass is 35.5. The van der Waals surface area contributed by atoms with Gasteiger partial charge in [-0.2, -0.15) is 0 Å². The highest BCUT2D eigenvalue weighted by molar-refractivity contribution is 7.99. The minimum Gasteiger partial charge on any atom is -0.338 e. The molecular formula is C18H23ClFN5S. The summed E-state index contributed by atoms with van der Waals surface area (Å²) in [4.78, 5) is 10.8. The van der Waals surface area contributed by atoms with Crippen molar-refractivity contribution < 1.29 is 4.39 Å². The lowest BCUT2D eigenvalue weighted by molar-refractivity contribution is 0.274. The number of hydrogen-bond donors (Lipinski definition) is 2. The van der Waals surface area contributed by atoms with E-state index in [4.69, 9.17) is 5.73 Å². The molecule has 2 aliphatic rings. The molecule has 140 valence electrons. The van der Waals surface area contributed by atoms with Gasteiger partial charge in [-0.3, -0.25) is 5.32 Å². The second-order valence-corrected chi connectivity index (χ2v) is 7.81. The number of benzene rings is 1. The standard InChI is InChI=1S/C18H22FN5S.ClH/c1-2-15-14(19)8-21-17(22-15)24-9-13-10-25-16(20)23-18(13,11-24)12-6-4-3-5-7-12;/h3-8,13,16,23H,2,9-11,20H2,1H3;1H/t13-,16?,18+;/m0./s1. The van der Waals surface area contributed by atoms with Gasteiger partial charge >= 0.3 is 0 Å². The number of halogens is 2. The summed E-state index contributed by atoms with van der Waals surface area (Å²) in [5, 5.41) is 3.62. The Morgan fingerprint density at radius 3 is 2.88 bits per heavy atom. The third-order valence-electron chi connectivity index (χ3n) is 5.17. The van der Waals surface area contributed by atoms with Gasteiger partial charge in [0.15, 0.2) is 5.82 Å². The SMILES string of the molecule is CCc1nc(N2C[C@H]3CSC(N)N[C@@]3(c3ccccc3)C2)ncc1F.Cl. The summed E-state index contributed by atoms with van der Waals surface area (Å²) >= 11 is 1.73. The molecule has 0 saturated carbocycles. The molecule has 0 spiro atoms. The zero-order valence-electron chi connectivity index (χ0n) is 14.6. The Morgan fingerprint density at radius 2 is 2.15 bits per heavy atom. The van der Waals surface area contributed by atoms with Gasteiger partial charge in [0.2, 0.25) is 5.95 Å². The summed E-state index contributed by atoms with van der Waals surface area (Å²) in [6.45, 7) is 3.46. The highest BCUT2D eigenvalue weighted by Crippen LogP contribution is 2.43. The van der Waals surface area contributed by atoms with Crippen LogP contribution >= 0.6 is 24.2 Å². The van der Waals surface area contributed by atoms with Gasteiger partial charge in [-0.15, -0.1) is 24.2 Å². The molecule has 2 fully saturated rings. The van der Waals surface area contributed by atoms with Crippen LogP contribution in [0.5, 0.6) is 0 Å². The van der Waals surface area contributed by atoms with Gasteiger partial charge in [-0.25, -0.2) is 14.4 Å².